The molecule has 196 valence electrons. The number of ether oxygens (including phenoxy) is 2. The summed E-state index contributed by atoms with van der Waals surface area (Å²) < 4.78 is 16.1. The van der Waals surface area contributed by atoms with Gasteiger partial charge in [0.05, 0.1) is 24.2 Å². The van der Waals surface area contributed by atoms with Crippen molar-refractivity contribution in [2.45, 2.75) is 44.6 Å². The molecule has 9 heteroatoms. The van der Waals surface area contributed by atoms with E-state index < -0.39 is 0 Å². The van der Waals surface area contributed by atoms with E-state index in [-0.39, 0.29) is 11.5 Å². The molecule has 0 unspecified atom stereocenters. The van der Waals surface area contributed by atoms with Crippen molar-refractivity contribution in [3.8, 4) is 11.5 Å². The van der Waals surface area contributed by atoms with Gasteiger partial charge in [-0.3, -0.25) is 4.79 Å². The van der Waals surface area contributed by atoms with Crippen molar-refractivity contribution in [1.29, 1.82) is 0 Å². The van der Waals surface area contributed by atoms with E-state index in [2.05, 4.69) is 47.8 Å². The van der Waals surface area contributed by atoms with E-state index in [1.54, 1.807) is 19.4 Å². The molecule has 1 heterocycles. The summed E-state index contributed by atoms with van der Waals surface area (Å²) in [5, 5.41) is 5.23. The molecule has 0 atom stereocenters. The molecule has 1 fully saturated rings. The molecule has 5 rings (SSSR count). The van der Waals surface area contributed by atoms with Crippen LogP contribution in [0.3, 0.4) is 0 Å². The van der Waals surface area contributed by atoms with Crippen LogP contribution in [0.25, 0.3) is 10.9 Å². The largest absolute Gasteiger partial charge is 0.493 e. The van der Waals surface area contributed by atoms with Crippen LogP contribution in [-0.4, -0.2) is 23.0 Å². The number of para-hydroxylation sites is 1. The van der Waals surface area contributed by atoms with Gasteiger partial charge in [-0.1, -0.05) is 79.2 Å². The molecular formula is C29H26Br3N3O3. The number of methoxy groups -OCH3 is 1. The Hall–Kier alpha value is -2.49. The SMILES string of the molecule is COc1cccc(C=Nn2c(C3CCCCC3)nc3ccc(Br)cc3c2=O)c1OCc1ccc(Br)cc1Br. The summed E-state index contributed by atoms with van der Waals surface area (Å²) in [6.07, 6.45) is 7.13. The first-order chi connectivity index (χ1) is 18.4. The lowest BCUT2D eigenvalue weighted by atomic mass is 9.88. The maximum atomic E-state index is 13.7. The predicted octanol–water partition coefficient (Wildman–Crippen LogP) is 8.20. The molecule has 0 saturated heterocycles. The second-order valence-corrected chi connectivity index (χ2v) is 11.9. The molecule has 0 amide bonds. The maximum absolute atomic E-state index is 13.7. The van der Waals surface area contributed by atoms with Gasteiger partial charge in [0.2, 0.25) is 0 Å². The molecule has 6 nitrogen and oxygen atoms in total. The first-order valence-electron chi connectivity index (χ1n) is 12.4. The third-order valence-corrected chi connectivity index (χ3v) is 8.46. The average Bonchev–Trinajstić information content (AvgIpc) is 2.93. The van der Waals surface area contributed by atoms with Crippen LogP contribution in [0.1, 0.15) is 55.0 Å². The minimum absolute atomic E-state index is 0.183. The molecule has 1 aromatic heterocycles. The number of hydrogen-bond donors (Lipinski definition) is 0. The number of fused-ring (bicyclic) bond motifs is 1. The molecule has 38 heavy (non-hydrogen) atoms. The van der Waals surface area contributed by atoms with Crippen LogP contribution < -0.4 is 15.0 Å². The Balaban J connectivity index is 1.55. The number of nitrogens with zero attached hydrogens (tertiary/aromatic N) is 3. The van der Waals surface area contributed by atoms with Crippen molar-refractivity contribution in [3.63, 3.8) is 0 Å². The Morgan fingerprint density at radius 1 is 1.03 bits per heavy atom. The Labute approximate surface area is 246 Å². The van der Waals surface area contributed by atoms with E-state index in [1.807, 2.05) is 48.5 Å². The molecule has 1 saturated carbocycles. The number of hydrogen-bond acceptors (Lipinski definition) is 5. The van der Waals surface area contributed by atoms with E-state index in [0.717, 1.165) is 44.7 Å². The first-order valence-corrected chi connectivity index (χ1v) is 14.8. The monoisotopic (exact) mass is 701 g/mol. The molecular weight excluding hydrogens is 678 g/mol. The normalized spacial score (nSPS) is 14.3. The zero-order valence-corrected chi connectivity index (χ0v) is 25.6. The van der Waals surface area contributed by atoms with E-state index in [9.17, 15) is 4.79 Å². The number of benzene rings is 3. The lowest BCUT2D eigenvalue weighted by Gasteiger charge is -2.22. The average molecular weight is 704 g/mol. The Morgan fingerprint density at radius 2 is 1.79 bits per heavy atom. The van der Waals surface area contributed by atoms with Crippen molar-refractivity contribution < 1.29 is 9.47 Å². The standard InChI is InChI=1S/C29H26Br3N3O3/c1-37-26-9-5-8-19(27(26)38-17-20-10-11-22(31)15-24(20)32)16-33-35-28(18-6-3-2-4-7-18)34-25-13-12-21(30)14-23(25)29(35)36/h5,8-16,18H,2-4,6-7,17H2,1H3. The smallest absolute Gasteiger partial charge is 0.282 e. The molecule has 0 spiro atoms. The molecule has 0 N–H and O–H groups in total. The summed E-state index contributed by atoms with van der Waals surface area (Å²) in [5.74, 6) is 2.04. The summed E-state index contributed by atoms with van der Waals surface area (Å²) >= 11 is 10.6. The summed E-state index contributed by atoms with van der Waals surface area (Å²) in [7, 11) is 1.61. The molecule has 0 aliphatic heterocycles. The van der Waals surface area contributed by atoms with Gasteiger partial charge in [-0.2, -0.15) is 9.78 Å². The van der Waals surface area contributed by atoms with Crippen molar-refractivity contribution in [1.82, 2.24) is 9.66 Å². The lowest BCUT2D eigenvalue weighted by molar-refractivity contribution is 0.283. The van der Waals surface area contributed by atoms with Crippen LogP contribution in [0.15, 0.2) is 77.9 Å². The van der Waals surface area contributed by atoms with Crippen LogP contribution in [-0.2, 0) is 6.61 Å². The fraction of sp³-hybridized carbons (Fsp3) is 0.276. The van der Waals surface area contributed by atoms with Gasteiger partial charge in [0.25, 0.3) is 5.56 Å². The van der Waals surface area contributed by atoms with Crippen LogP contribution in [0.2, 0.25) is 0 Å². The fourth-order valence-electron chi connectivity index (χ4n) is 4.76. The fourth-order valence-corrected chi connectivity index (χ4v) is 6.28. The number of aromatic nitrogens is 2. The molecule has 0 radical (unpaired) electrons. The highest BCUT2D eigenvalue weighted by Gasteiger charge is 2.23. The van der Waals surface area contributed by atoms with Crippen molar-refractivity contribution in [3.05, 3.63) is 95.3 Å². The van der Waals surface area contributed by atoms with Gasteiger partial charge in [0.15, 0.2) is 11.5 Å². The zero-order chi connectivity index (χ0) is 26.6. The van der Waals surface area contributed by atoms with Gasteiger partial charge in [0.1, 0.15) is 12.4 Å². The minimum Gasteiger partial charge on any atom is -0.493 e. The van der Waals surface area contributed by atoms with Gasteiger partial charge < -0.3 is 9.47 Å². The summed E-state index contributed by atoms with van der Waals surface area (Å²) in [6, 6.07) is 17.2. The third kappa shape index (κ3) is 5.90. The highest BCUT2D eigenvalue weighted by Crippen LogP contribution is 2.34. The van der Waals surface area contributed by atoms with Gasteiger partial charge in [-0.05, 0) is 55.3 Å². The number of rotatable bonds is 7. The van der Waals surface area contributed by atoms with Crippen molar-refractivity contribution in [2.75, 3.05) is 7.11 Å². The Bertz CT molecular complexity index is 1560. The summed E-state index contributed by atoms with van der Waals surface area (Å²) in [5.41, 5.74) is 2.20. The lowest BCUT2D eigenvalue weighted by Crippen LogP contribution is -2.25. The maximum Gasteiger partial charge on any atom is 0.282 e. The summed E-state index contributed by atoms with van der Waals surface area (Å²) in [4.78, 5) is 18.6. The molecule has 3 aromatic carbocycles. The van der Waals surface area contributed by atoms with Crippen LogP contribution in [0.5, 0.6) is 11.5 Å². The van der Waals surface area contributed by atoms with Gasteiger partial charge in [0, 0.05) is 30.5 Å². The zero-order valence-electron chi connectivity index (χ0n) is 20.8. The predicted molar refractivity (Wildman–Crippen MR) is 162 cm³/mol. The van der Waals surface area contributed by atoms with Gasteiger partial charge in [-0.15, -0.1) is 0 Å². The van der Waals surface area contributed by atoms with Crippen LogP contribution in [0, 0.1) is 0 Å². The second-order valence-electron chi connectivity index (χ2n) is 9.23. The quantitative estimate of drug-likeness (QED) is 0.182. The van der Waals surface area contributed by atoms with E-state index in [0.29, 0.717) is 40.4 Å². The van der Waals surface area contributed by atoms with Crippen LogP contribution >= 0.6 is 47.8 Å². The molecule has 1 aliphatic carbocycles. The van der Waals surface area contributed by atoms with E-state index in [4.69, 9.17) is 19.6 Å². The second kappa shape index (κ2) is 12.1. The highest BCUT2D eigenvalue weighted by atomic mass is 79.9. The van der Waals surface area contributed by atoms with E-state index >= 15 is 0 Å². The van der Waals surface area contributed by atoms with Crippen LogP contribution in [0.4, 0.5) is 0 Å². The highest BCUT2D eigenvalue weighted by molar-refractivity contribution is 9.11. The molecule has 4 aromatic rings. The van der Waals surface area contributed by atoms with Gasteiger partial charge >= 0.3 is 0 Å². The Kier molecular flexibility index (Phi) is 8.65. The van der Waals surface area contributed by atoms with Crippen molar-refractivity contribution >= 4 is 64.9 Å². The Morgan fingerprint density at radius 3 is 2.55 bits per heavy atom. The van der Waals surface area contributed by atoms with Gasteiger partial charge in [-0.25, -0.2) is 4.98 Å². The molecule has 1 aliphatic rings. The van der Waals surface area contributed by atoms with Crippen molar-refractivity contribution in [2.24, 2.45) is 5.10 Å². The topological polar surface area (TPSA) is 65.7 Å². The van der Waals surface area contributed by atoms with E-state index in [1.165, 1.54) is 11.1 Å². The molecule has 0 bridgehead atoms. The first kappa shape index (κ1) is 27.1. The number of halogens is 3. The summed E-state index contributed by atoms with van der Waals surface area (Å²) in [6.45, 7) is 0.327. The minimum atomic E-state index is -0.183. The third-order valence-electron chi connectivity index (χ3n) is 6.73.